The Hall–Kier alpha value is -4.45. The van der Waals surface area contributed by atoms with Crippen LogP contribution < -0.4 is 15.1 Å². The van der Waals surface area contributed by atoms with Crippen molar-refractivity contribution in [1.29, 1.82) is 0 Å². The van der Waals surface area contributed by atoms with E-state index in [0.29, 0.717) is 28.1 Å². The lowest BCUT2D eigenvalue weighted by Crippen LogP contribution is -2.64. The van der Waals surface area contributed by atoms with E-state index in [9.17, 15) is 14.4 Å². The Kier molecular flexibility index (Phi) is 4.64. The molecule has 0 saturated heterocycles. The molecule has 1 aliphatic carbocycles. The van der Waals surface area contributed by atoms with Gasteiger partial charge in [0.05, 0.1) is 11.4 Å². The van der Waals surface area contributed by atoms with Gasteiger partial charge in [-0.2, -0.15) is 0 Å². The first kappa shape index (κ1) is 22.5. The van der Waals surface area contributed by atoms with Gasteiger partial charge < -0.3 is 5.32 Å². The topological polar surface area (TPSA) is 69.7 Å². The number of amides is 3. The minimum Gasteiger partial charge on any atom is -0.351 e. The van der Waals surface area contributed by atoms with Crippen LogP contribution in [0, 0.1) is 0 Å². The number of carbonyl (C=O) groups excluding carboxylic acids is 3. The van der Waals surface area contributed by atoms with Crippen molar-refractivity contribution < 1.29 is 14.4 Å². The van der Waals surface area contributed by atoms with Crippen LogP contribution in [0.25, 0.3) is 10.8 Å². The molecule has 2 unspecified atom stereocenters. The number of hydrogen-bond donors (Lipinski definition) is 1. The monoisotopic (exact) mass is 513 g/mol. The van der Waals surface area contributed by atoms with E-state index in [2.05, 4.69) is 5.32 Å². The highest BCUT2D eigenvalue weighted by Gasteiger charge is 2.68. The van der Waals surface area contributed by atoms with Gasteiger partial charge in [-0.3, -0.25) is 24.2 Å². The Morgan fingerprint density at radius 3 is 2.15 bits per heavy atom. The van der Waals surface area contributed by atoms with Crippen molar-refractivity contribution in [2.75, 3.05) is 9.80 Å². The molecule has 1 fully saturated rings. The van der Waals surface area contributed by atoms with Gasteiger partial charge in [0, 0.05) is 22.7 Å². The first-order valence-corrected chi connectivity index (χ1v) is 13.8. The molecule has 0 aromatic heterocycles. The summed E-state index contributed by atoms with van der Waals surface area (Å²) in [4.78, 5) is 46.9. The normalized spacial score (nSPS) is 23.2. The predicted molar refractivity (Wildman–Crippen MR) is 150 cm³/mol. The van der Waals surface area contributed by atoms with Crippen LogP contribution in [0.5, 0.6) is 0 Å². The minimum atomic E-state index is -1.43. The molecule has 192 valence electrons. The molecule has 3 heterocycles. The van der Waals surface area contributed by atoms with Crippen LogP contribution in [0.4, 0.5) is 11.4 Å². The standard InChI is InChI=1S/C33H27N3O3/c37-30-24-15-7-6-14-23(24)29-33(32(39)34-22-12-2-1-3-13-22)26-17-9-8-16-25(26)31(38)36(33)28-19-21-11-5-4-10-20(21)18-27(28)35(29)30/h4-11,14-19,22,29H,1-3,12-13H2,(H,34,39). The van der Waals surface area contributed by atoms with E-state index in [0.717, 1.165) is 42.0 Å². The first-order valence-electron chi connectivity index (χ1n) is 13.8. The molecule has 4 aromatic rings. The van der Waals surface area contributed by atoms with E-state index in [-0.39, 0.29) is 23.8 Å². The molecule has 6 heteroatoms. The van der Waals surface area contributed by atoms with Gasteiger partial charge >= 0.3 is 0 Å². The molecule has 3 aliphatic heterocycles. The van der Waals surface area contributed by atoms with Gasteiger partial charge in [-0.25, -0.2) is 0 Å². The number of hydrogen-bond acceptors (Lipinski definition) is 3. The molecule has 0 bridgehead atoms. The van der Waals surface area contributed by atoms with Crippen LogP contribution in [0.15, 0.2) is 84.9 Å². The smallest absolute Gasteiger partial charge is 0.260 e. The Morgan fingerprint density at radius 2 is 1.38 bits per heavy atom. The van der Waals surface area contributed by atoms with E-state index in [1.165, 1.54) is 6.42 Å². The van der Waals surface area contributed by atoms with E-state index in [4.69, 9.17) is 0 Å². The average Bonchev–Trinajstić information content (AvgIpc) is 3.43. The van der Waals surface area contributed by atoms with Crippen molar-refractivity contribution >= 4 is 39.9 Å². The quantitative estimate of drug-likeness (QED) is 0.365. The summed E-state index contributed by atoms with van der Waals surface area (Å²) in [6, 6.07) is 26.2. The maximum absolute atomic E-state index is 14.9. The van der Waals surface area contributed by atoms with Crippen molar-refractivity contribution in [2.45, 2.75) is 49.7 Å². The minimum absolute atomic E-state index is 0.0455. The highest BCUT2D eigenvalue weighted by molar-refractivity contribution is 6.25. The fourth-order valence-electron chi connectivity index (χ4n) is 7.43. The Balaban J connectivity index is 1.46. The van der Waals surface area contributed by atoms with Crippen LogP contribution in [-0.2, 0) is 10.3 Å². The number of benzene rings is 4. The van der Waals surface area contributed by atoms with E-state index in [1.807, 2.05) is 78.9 Å². The third-order valence-electron chi connectivity index (χ3n) is 9.11. The fourth-order valence-corrected chi connectivity index (χ4v) is 7.43. The lowest BCUT2D eigenvalue weighted by molar-refractivity contribution is -0.128. The Labute approximate surface area is 226 Å². The second-order valence-corrected chi connectivity index (χ2v) is 11.1. The number of fused-ring (bicyclic) bond motifs is 11. The second kappa shape index (κ2) is 8.03. The molecular weight excluding hydrogens is 486 g/mol. The zero-order valence-electron chi connectivity index (χ0n) is 21.4. The zero-order chi connectivity index (χ0) is 26.3. The van der Waals surface area contributed by atoms with Gasteiger partial charge in [0.15, 0.2) is 5.54 Å². The SMILES string of the molecule is O=C1c2ccccc2C2N1c1cc3ccccc3cc1N1C(=O)c3ccccc3C21C(=O)NC1CCCCC1. The third kappa shape index (κ3) is 2.83. The van der Waals surface area contributed by atoms with Crippen LogP contribution in [-0.4, -0.2) is 23.8 Å². The van der Waals surface area contributed by atoms with Crippen molar-refractivity contribution in [3.05, 3.63) is 107 Å². The van der Waals surface area contributed by atoms with Gasteiger partial charge in [0.2, 0.25) is 0 Å². The fraction of sp³-hybridized carbons (Fsp3) is 0.242. The Bertz CT molecular complexity index is 1720. The highest BCUT2D eigenvalue weighted by Crippen LogP contribution is 2.61. The maximum Gasteiger partial charge on any atom is 0.260 e. The van der Waals surface area contributed by atoms with E-state index in [1.54, 1.807) is 15.9 Å². The molecule has 4 aromatic carbocycles. The highest BCUT2D eigenvalue weighted by atomic mass is 16.2. The predicted octanol–water partition coefficient (Wildman–Crippen LogP) is 5.86. The lowest BCUT2D eigenvalue weighted by Gasteiger charge is -2.50. The van der Waals surface area contributed by atoms with Crippen LogP contribution >= 0.6 is 0 Å². The lowest BCUT2D eigenvalue weighted by atomic mass is 9.76. The second-order valence-electron chi connectivity index (χ2n) is 11.1. The third-order valence-corrected chi connectivity index (χ3v) is 9.11. The number of rotatable bonds is 2. The summed E-state index contributed by atoms with van der Waals surface area (Å²) in [5.74, 6) is -0.572. The Morgan fingerprint density at radius 1 is 0.744 bits per heavy atom. The molecule has 2 atom stereocenters. The zero-order valence-corrected chi connectivity index (χ0v) is 21.4. The molecule has 4 aliphatic rings. The molecule has 1 saturated carbocycles. The molecule has 3 amide bonds. The number of nitrogens with one attached hydrogen (secondary N) is 1. The molecule has 0 spiro atoms. The molecular formula is C33H27N3O3. The van der Waals surface area contributed by atoms with Crippen molar-refractivity contribution in [3.8, 4) is 0 Å². The summed E-state index contributed by atoms with van der Waals surface area (Å²) >= 11 is 0. The van der Waals surface area contributed by atoms with Crippen LogP contribution in [0.1, 0.15) is 70.0 Å². The molecule has 1 N–H and O–H groups in total. The maximum atomic E-state index is 14.9. The van der Waals surface area contributed by atoms with Crippen LogP contribution in [0.2, 0.25) is 0 Å². The van der Waals surface area contributed by atoms with Crippen molar-refractivity contribution in [3.63, 3.8) is 0 Å². The average molecular weight is 514 g/mol. The largest absolute Gasteiger partial charge is 0.351 e. The molecule has 8 rings (SSSR count). The van der Waals surface area contributed by atoms with Crippen LogP contribution in [0.3, 0.4) is 0 Å². The first-order chi connectivity index (χ1) is 19.1. The summed E-state index contributed by atoms with van der Waals surface area (Å²) in [6.45, 7) is 0. The van der Waals surface area contributed by atoms with Gasteiger partial charge in [-0.15, -0.1) is 0 Å². The van der Waals surface area contributed by atoms with Crippen molar-refractivity contribution in [1.82, 2.24) is 5.32 Å². The summed E-state index contributed by atoms with van der Waals surface area (Å²) in [6.07, 6.45) is 5.15. The van der Waals surface area contributed by atoms with Crippen molar-refractivity contribution in [2.24, 2.45) is 0 Å². The molecule has 39 heavy (non-hydrogen) atoms. The molecule has 0 radical (unpaired) electrons. The van der Waals surface area contributed by atoms with Gasteiger partial charge in [0.1, 0.15) is 6.04 Å². The summed E-state index contributed by atoms with van der Waals surface area (Å²) in [5, 5.41) is 5.29. The van der Waals surface area contributed by atoms with Gasteiger partial charge in [-0.1, -0.05) is 79.9 Å². The van der Waals surface area contributed by atoms with E-state index < -0.39 is 11.6 Å². The summed E-state index contributed by atoms with van der Waals surface area (Å²) in [5.41, 5.74) is 2.33. The summed E-state index contributed by atoms with van der Waals surface area (Å²) in [7, 11) is 0. The van der Waals surface area contributed by atoms with E-state index >= 15 is 0 Å². The number of carbonyl (C=O) groups is 3. The number of anilines is 2. The van der Waals surface area contributed by atoms with Gasteiger partial charge in [-0.05, 0) is 53.4 Å². The van der Waals surface area contributed by atoms with Gasteiger partial charge in [0.25, 0.3) is 17.7 Å². The summed E-state index contributed by atoms with van der Waals surface area (Å²) < 4.78 is 0. The number of nitrogens with zero attached hydrogens (tertiary/aromatic N) is 2. The molecule has 6 nitrogen and oxygen atoms in total.